The summed E-state index contributed by atoms with van der Waals surface area (Å²) in [5.41, 5.74) is 1.34. The molecule has 0 bridgehead atoms. The van der Waals surface area contributed by atoms with Crippen LogP contribution in [-0.2, 0) is 6.54 Å². The molecule has 2 heterocycles. The van der Waals surface area contributed by atoms with Gasteiger partial charge in [-0.05, 0) is 37.4 Å². The van der Waals surface area contributed by atoms with Crippen molar-refractivity contribution in [3.05, 3.63) is 40.1 Å². The standard InChI is InChI=1S/C13H19N3S/c1-4-14-11(12-10(3)6-9-17-12)13-15-7-8-16(13)5-2/h6-9,11,14H,4-5H2,1-3H3. The number of aromatic nitrogens is 2. The summed E-state index contributed by atoms with van der Waals surface area (Å²) in [5.74, 6) is 1.11. The fourth-order valence-corrected chi connectivity index (χ4v) is 3.03. The van der Waals surface area contributed by atoms with Gasteiger partial charge in [0.05, 0.1) is 0 Å². The molecular weight excluding hydrogens is 230 g/mol. The van der Waals surface area contributed by atoms with Crippen molar-refractivity contribution in [1.29, 1.82) is 0 Å². The Morgan fingerprint density at radius 1 is 1.47 bits per heavy atom. The summed E-state index contributed by atoms with van der Waals surface area (Å²) >= 11 is 1.80. The monoisotopic (exact) mass is 249 g/mol. The molecule has 0 aromatic carbocycles. The van der Waals surface area contributed by atoms with Crippen molar-refractivity contribution < 1.29 is 0 Å². The molecule has 4 heteroatoms. The average Bonchev–Trinajstić information content (AvgIpc) is 2.94. The van der Waals surface area contributed by atoms with Crippen LogP contribution in [0.2, 0.25) is 0 Å². The highest BCUT2D eigenvalue weighted by Gasteiger charge is 2.20. The number of thiophene rings is 1. The van der Waals surface area contributed by atoms with Crippen LogP contribution >= 0.6 is 11.3 Å². The summed E-state index contributed by atoms with van der Waals surface area (Å²) in [4.78, 5) is 5.88. The Morgan fingerprint density at radius 2 is 2.29 bits per heavy atom. The van der Waals surface area contributed by atoms with Gasteiger partial charge in [-0.15, -0.1) is 11.3 Å². The van der Waals surface area contributed by atoms with E-state index in [0.717, 1.165) is 18.9 Å². The maximum atomic E-state index is 4.51. The molecule has 0 saturated carbocycles. The first-order valence-corrected chi connectivity index (χ1v) is 6.94. The minimum absolute atomic E-state index is 0.218. The van der Waals surface area contributed by atoms with Crippen molar-refractivity contribution in [2.24, 2.45) is 0 Å². The zero-order valence-electron chi connectivity index (χ0n) is 10.6. The highest BCUT2D eigenvalue weighted by atomic mass is 32.1. The van der Waals surface area contributed by atoms with Gasteiger partial charge in [0, 0.05) is 23.8 Å². The smallest absolute Gasteiger partial charge is 0.131 e. The lowest BCUT2D eigenvalue weighted by Crippen LogP contribution is -2.25. The van der Waals surface area contributed by atoms with E-state index >= 15 is 0 Å². The number of nitrogens with one attached hydrogen (secondary N) is 1. The van der Waals surface area contributed by atoms with Crippen molar-refractivity contribution in [3.8, 4) is 0 Å². The fraction of sp³-hybridized carbons (Fsp3) is 0.462. The molecule has 17 heavy (non-hydrogen) atoms. The van der Waals surface area contributed by atoms with Gasteiger partial charge in [0.2, 0.25) is 0 Å². The van der Waals surface area contributed by atoms with E-state index in [1.807, 2.05) is 12.4 Å². The molecule has 1 unspecified atom stereocenters. The Kier molecular flexibility index (Phi) is 3.97. The highest BCUT2D eigenvalue weighted by molar-refractivity contribution is 7.10. The van der Waals surface area contributed by atoms with Gasteiger partial charge in [0.1, 0.15) is 11.9 Å². The van der Waals surface area contributed by atoms with Crippen LogP contribution in [0.1, 0.15) is 36.2 Å². The summed E-state index contributed by atoms with van der Waals surface area (Å²) in [6.45, 7) is 8.35. The molecule has 0 aliphatic rings. The second kappa shape index (κ2) is 5.47. The molecule has 92 valence electrons. The van der Waals surface area contributed by atoms with Gasteiger partial charge in [0.25, 0.3) is 0 Å². The first kappa shape index (κ1) is 12.3. The van der Waals surface area contributed by atoms with Crippen molar-refractivity contribution in [2.75, 3.05) is 6.54 Å². The van der Waals surface area contributed by atoms with E-state index in [2.05, 4.69) is 47.1 Å². The molecular formula is C13H19N3S. The van der Waals surface area contributed by atoms with Gasteiger partial charge < -0.3 is 9.88 Å². The first-order valence-electron chi connectivity index (χ1n) is 6.06. The van der Waals surface area contributed by atoms with E-state index in [-0.39, 0.29) is 6.04 Å². The van der Waals surface area contributed by atoms with E-state index < -0.39 is 0 Å². The minimum Gasteiger partial charge on any atom is -0.334 e. The van der Waals surface area contributed by atoms with Crippen molar-refractivity contribution >= 4 is 11.3 Å². The van der Waals surface area contributed by atoms with Crippen molar-refractivity contribution in [1.82, 2.24) is 14.9 Å². The van der Waals surface area contributed by atoms with Crippen LogP contribution in [0.4, 0.5) is 0 Å². The number of rotatable bonds is 5. The van der Waals surface area contributed by atoms with Gasteiger partial charge >= 0.3 is 0 Å². The molecule has 1 atom stereocenters. The summed E-state index contributed by atoms with van der Waals surface area (Å²) in [5, 5.41) is 5.68. The summed E-state index contributed by atoms with van der Waals surface area (Å²) in [6.07, 6.45) is 3.93. The number of aryl methyl sites for hydroxylation is 2. The Morgan fingerprint density at radius 3 is 2.88 bits per heavy atom. The third kappa shape index (κ3) is 2.42. The third-order valence-electron chi connectivity index (χ3n) is 2.92. The van der Waals surface area contributed by atoms with Crippen LogP contribution in [0.3, 0.4) is 0 Å². The zero-order valence-corrected chi connectivity index (χ0v) is 11.4. The van der Waals surface area contributed by atoms with Crippen LogP contribution in [-0.4, -0.2) is 16.1 Å². The van der Waals surface area contributed by atoms with E-state index in [1.54, 1.807) is 11.3 Å². The Hall–Kier alpha value is -1.13. The molecule has 2 aromatic rings. The maximum absolute atomic E-state index is 4.51. The SMILES string of the molecule is CCNC(c1sccc1C)c1nccn1CC. The van der Waals surface area contributed by atoms with Crippen molar-refractivity contribution in [3.63, 3.8) is 0 Å². The maximum Gasteiger partial charge on any atom is 0.131 e. The predicted molar refractivity (Wildman–Crippen MR) is 72.5 cm³/mol. The quantitative estimate of drug-likeness (QED) is 0.883. The van der Waals surface area contributed by atoms with Crippen LogP contribution in [0.25, 0.3) is 0 Å². The largest absolute Gasteiger partial charge is 0.334 e. The van der Waals surface area contributed by atoms with E-state index in [0.29, 0.717) is 0 Å². The van der Waals surface area contributed by atoms with Gasteiger partial charge in [-0.1, -0.05) is 6.92 Å². The summed E-state index contributed by atoms with van der Waals surface area (Å²) < 4.78 is 2.20. The topological polar surface area (TPSA) is 29.9 Å². The molecule has 0 amide bonds. The van der Waals surface area contributed by atoms with Gasteiger partial charge in [-0.2, -0.15) is 0 Å². The van der Waals surface area contributed by atoms with Crippen molar-refractivity contribution in [2.45, 2.75) is 33.4 Å². The van der Waals surface area contributed by atoms with Gasteiger partial charge in [0.15, 0.2) is 0 Å². The molecule has 3 nitrogen and oxygen atoms in total. The lowest BCUT2D eigenvalue weighted by molar-refractivity contribution is 0.564. The minimum atomic E-state index is 0.218. The molecule has 0 saturated heterocycles. The van der Waals surface area contributed by atoms with Crippen LogP contribution in [0, 0.1) is 6.92 Å². The van der Waals surface area contributed by atoms with E-state index in [1.165, 1.54) is 10.4 Å². The number of imidazole rings is 1. The Balaban J connectivity index is 2.39. The lowest BCUT2D eigenvalue weighted by Gasteiger charge is -2.18. The Bertz CT molecular complexity index is 472. The molecule has 2 rings (SSSR count). The van der Waals surface area contributed by atoms with Crippen LogP contribution in [0.5, 0.6) is 0 Å². The summed E-state index contributed by atoms with van der Waals surface area (Å²) in [7, 11) is 0. The molecule has 0 aliphatic heterocycles. The number of hydrogen-bond acceptors (Lipinski definition) is 3. The lowest BCUT2D eigenvalue weighted by atomic mass is 10.1. The molecule has 0 spiro atoms. The molecule has 0 radical (unpaired) electrons. The second-order valence-corrected chi connectivity index (χ2v) is 4.98. The van der Waals surface area contributed by atoms with Gasteiger partial charge in [-0.25, -0.2) is 4.98 Å². The fourth-order valence-electron chi connectivity index (χ4n) is 2.03. The molecule has 1 N–H and O–H groups in total. The Labute approximate surface area is 107 Å². The van der Waals surface area contributed by atoms with Gasteiger partial charge in [-0.3, -0.25) is 0 Å². The normalized spacial score (nSPS) is 12.9. The molecule has 0 aliphatic carbocycles. The summed E-state index contributed by atoms with van der Waals surface area (Å²) in [6, 6.07) is 2.39. The first-order chi connectivity index (χ1) is 8.27. The molecule has 0 fully saturated rings. The zero-order chi connectivity index (χ0) is 12.3. The van der Waals surface area contributed by atoms with E-state index in [9.17, 15) is 0 Å². The van der Waals surface area contributed by atoms with Crippen LogP contribution < -0.4 is 5.32 Å². The average molecular weight is 249 g/mol. The predicted octanol–water partition coefficient (Wildman–Crippen LogP) is 2.97. The van der Waals surface area contributed by atoms with E-state index in [4.69, 9.17) is 0 Å². The number of hydrogen-bond donors (Lipinski definition) is 1. The highest BCUT2D eigenvalue weighted by Crippen LogP contribution is 2.28. The van der Waals surface area contributed by atoms with Crippen LogP contribution in [0.15, 0.2) is 23.8 Å². The second-order valence-electron chi connectivity index (χ2n) is 4.03. The number of nitrogens with zero attached hydrogens (tertiary/aromatic N) is 2. The third-order valence-corrected chi connectivity index (χ3v) is 4.00. The molecule has 2 aromatic heterocycles.